The van der Waals surface area contributed by atoms with E-state index >= 15 is 0 Å². The molecule has 3 nitrogen and oxygen atoms in total. The third kappa shape index (κ3) is 1.91. The van der Waals surface area contributed by atoms with E-state index in [2.05, 4.69) is 22.9 Å². The van der Waals surface area contributed by atoms with Crippen LogP contribution < -0.4 is 9.47 Å². The first-order chi connectivity index (χ1) is 8.37. The second-order valence-corrected chi connectivity index (χ2v) is 6.09. The van der Waals surface area contributed by atoms with Crippen LogP contribution in [0.2, 0.25) is 0 Å². The molecule has 0 heterocycles. The van der Waals surface area contributed by atoms with Crippen molar-refractivity contribution in [3.05, 3.63) is 22.2 Å². The zero-order chi connectivity index (χ0) is 13.6. The molecule has 0 aromatic heterocycles. The van der Waals surface area contributed by atoms with E-state index in [4.69, 9.17) is 9.47 Å². The Kier molecular flexibility index (Phi) is 3.36. The van der Waals surface area contributed by atoms with Gasteiger partial charge in [-0.3, -0.25) is 0 Å². The van der Waals surface area contributed by atoms with Gasteiger partial charge in [0.1, 0.15) is 16.0 Å². The minimum atomic E-state index is -0.896. The minimum absolute atomic E-state index is 0.0612. The van der Waals surface area contributed by atoms with Gasteiger partial charge in [-0.1, -0.05) is 6.92 Å². The molecule has 1 unspecified atom stereocenters. The van der Waals surface area contributed by atoms with Gasteiger partial charge in [-0.25, -0.2) is 0 Å². The van der Waals surface area contributed by atoms with Gasteiger partial charge >= 0.3 is 0 Å². The molecule has 0 bridgehead atoms. The van der Waals surface area contributed by atoms with Crippen LogP contribution in [-0.4, -0.2) is 19.3 Å². The standard InChI is InChI=1S/C14H19BrO3/c1-13(7-8-13)14(2,16)9-5-6-10(17-3)11(15)12(9)18-4/h5-6,16H,7-8H2,1-4H3. The number of benzene rings is 1. The largest absolute Gasteiger partial charge is 0.495 e. The lowest BCUT2D eigenvalue weighted by atomic mass is 9.81. The maximum absolute atomic E-state index is 10.8. The number of ether oxygens (including phenoxy) is 2. The van der Waals surface area contributed by atoms with E-state index in [1.165, 1.54) is 0 Å². The van der Waals surface area contributed by atoms with Crippen molar-refractivity contribution in [2.75, 3.05) is 14.2 Å². The maximum atomic E-state index is 10.8. The van der Waals surface area contributed by atoms with Crippen LogP contribution in [0.15, 0.2) is 16.6 Å². The monoisotopic (exact) mass is 314 g/mol. The van der Waals surface area contributed by atoms with Crippen LogP contribution in [0, 0.1) is 5.41 Å². The summed E-state index contributed by atoms with van der Waals surface area (Å²) in [6.07, 6.45) is 2.07. The van der Waals surface area contributed by atoms with Gasteiger partial charge < -0.3 is 14.6 Å². The van der Waals surface area contributed by atoms with E-state index in [0.29, 0.717) is 11.5 Å². The Morgan fingerprint density at radius 2 is 1.89 bits per heavy atom. The first-order valence-corrected chi connectivity index (χ1v) is 6.80. The zero-order valence-electron chi connectivity index (χ0n) is 11.2. The van der Waals surface area contributed by atoms with Crippen LogP contribution in [0.4, 0.5) is 0 Å². The molecule has 0 aliphatic heterocycles. The topological polar surface area (TPSA) is 38.7 Å². The normalized spacial score (nSPS) is 20.1. The molecule has 0 amide bonds. The van der Waals surface area contributed by atoms with Crippen molar-refractivity contribution in [2.24, 2.45) is 5.41 Å². The predicted molar refractivity (Wildman–Crippen MR) is 74.2 cm³/mol. The molecule has 1 aliphatic rings. The summed E-state index contributed by atoms with van der Waals surface area (Å²) in [6, 6.07) is 3.73. The predicted octanol–water partition coefficient (Wildman–Crippen LogP) is 3.47. The highest BCUT2D eigenvalue weighted by molar-refractivity contribution is 9.10. The number of aliphatic hydroxyl groups is 1. The Balaban J connectivity index is 2.55. The first-order valence-electron chi connectivity index (χ1n) is 6.01. The smallest absolute Gasteiger partial charge is 0.142 e. The first kappa shape index (κ1) is 13.7. The van der Waals surface area contributed by atoms with Gasteiger partial charge in [-0.05, 0) is 47.8 Å². The molecule has 1 aromatic carbocycles. The van der Waals surface area contributed by atoms with Gasteiger partial charge in [-0.15, -0.1) is 0 Å². The molecule has 18 heavy (non-hydrogen) atoms. The molecule has 1 N–H and O–H groups in total. The Hall–Kier alpha value is -0.740. The van der Waals surface area contributed by atoms with Crippen LogP contribution in [0.3, 0.4) is 0 Å². The van der Waals surface area contributed by atoms with Crippen LogP contribution in [0.1, 0.15) is 32.3 Å². The molecule has 1 saturated carbocycles. The molecule has 2 rings (SSSR count). The molecular formula is C14H19BrO3. The quantitative estimate of drug-likeness (QED) is 0.924. The van der Waals surface area contributed by atoms with Gasteiger partial charge in [0.05, 0.1) is 19.8 Å². The van der Waals surface area contributed by atoms with E-state index in [-0.39, 0.29) is 5.41 Å². The van der Waals surface area contributed by atoms with Gasteiger partial charge in [-0.2, -0.15) is 0 Å². The highest BCUT2D eigenvalue weighted by Crippen LogP contribution is 2.60. The second-order valence-electron chi connectivity index (χ2n) is 5.30. The van der Waals surface area contributed by atoms with E-state index in [1.807, 2.05) is 19.1 Å². The van der Waals surface area contributed by atoms with Gasteiger partial charge in [0, 0.05) is 11.0 Å². The number of hydrogen-bond donors (Lipinski definition) is 1. The summed E-state index contributed by atoms with van der Waals surface area (Å²) in [4.78, 5) is 0. The van der Waals surface area contributed by atoms with Gasteiger partial charge in [0.25, 0.3) is 0 Å². The molecule has 4 heteroatoms. The number of methoxy groups -OCH3 is 2. The summed E-state index contributed by atoms with van der Waals surface area (Å²) in [5.74, 6) is 1.35. The summed E-state index contributed by atoms with van der Waals surface area (Å²) in [5.41, 5.74) is -0.153. The number of halogens is 1. The molecule has 1 aromatic rings. The van der Waals surface area contributed by atoms with Crippen molar-refractivity contribution in [3.8, 4) is 11.5 Å². The fraction of sp³-hybridized carbons (Fsp3) is 0.571. The lowest BCUT2D eigenvalue weighted by molar-refractivity contribution is -0.0146. The Bertz CT molecular complexity index is 464. The van der Waals surface area contributed by atoms with Crippen molar-refractivity contribution in [3.63, 3.8) is 0 Å². The van der Waals surface area contributed by atoms with E-state index in [1.54, 1.807) is 14.2 Å². The van der Waals surface area contributed by atoms with E-state index in [9.17, 15) is 5.11 Å². The summed E-state index contributed by atoms with van der Waals surface area (Å²) in [7, 11) is 3.22. The van der Waals surface area contributed by atoms with Crippen molar-refractivity contribution in [1.29, 1.82) is 0 Å². The summed E-state index contributed by atoms with van der Waals surface area (Å²) < 4.78 is 11.4. The molecule has 1 atom stereocenters. The van der Waals surface area contributed by atoms with Crippen LogP contribution >= 0.6 is 15.9 Å². The molecule has 0 radical (unpaired) electrons. The van der Waals surface area contributed by atoms with Crippen molar-refractivity contribution >= 4 is 15.9 Å². The SMILES string of the molecule is COc1ccc(C(C)(O)C2(C)CC2)c(OC)c1Br. The molecule has 0 saturated heterocycles. The summed E-state index contributed by atoms with van der Waals surface area (Å²) in [5, 5.41) is 10.8. The van der Waals surface area contributed by atoms with Crippen molar-refractivity contribution in [2.45, 2.75) is 32.3 Å². The van der Waals surface area contributed by atoms with Crippen LogP contribution in [-0.2, 0) is 5.60 Å². The Morgan fingerprint density at radius 1 is 1.28 bits per heavy atom. The lowest BCUT2D eigenvalue weighted by Crippen LogP contribution is -2.32. The fourth-order valence-electron chi connectivity index (χ4n) is 2.28. The van der Waals surface area contributed by atoms with Gasteiger partial charge in [0.15, 0.2) is 0 Å². The van der Waals surface area contributed by atoms with Crippen molar-refractivity contribution < 1.29 is 14.6 Å². The third-order valence-corrected chi connectivity index (χ3v) is 4.94. The third-order valence-electron chi connectivity index (χ3n) is 4.19. The van der Waals surface area contributed by atoms with Gasteiger partial charge in [0.2, 0.25) is 0 Å². The summed E-state index contributed by atoms with van der Waals surface area (Å²) in [6.45, 7) is 3.96. The molecule has 1 fully saturated rings. The van der Waals surface area contributed by atoms with E-state index < -0.39 is 5.60 Å². The molecule has 100 valence electrons. The molecule has 0 spiro atoms. The molecular weight excluding hydrogens is 296 g/mol. The Morgan fingerprint density at radius 3 is 2.33 bits per heavy atom. The maximum Gasteiger partial charge on any atom is 0.142 e. The average Bonchev–Trinajstić information content (AvgIpc) is 3.08. The number of hydrogen-bond acceptors (Lipinski definition) is 3. The number of rotatable bonds is 4. The average molecular weight is 315 g/mol. The highest BCUT2D eigenvalue weighted by atomic mass is 79.9. The van der Waals surface area contributed by atoms with Crippen LogP contribution in [0.25, 0.3) is 0 Å². The lowest BCUT2D eigenvalue weighted by Gasteiger charge is -2.32. The van der Waals surface area contributed by atoms with E-state index in [0.717, 1.165) is 22.9 Å². The second kappa shape index (κ2) is 4.42. The Labute approximate surface area is 116 Å². The summed E-state index contributed by atoms with van der Waals surface area (Å²) >= 11 is 3.47. The molecule has 1 aliphatic carbocycles. The zero-order valence-corrected chi connectivity index (χ0v) is 12.8. The fourth-order valence-corrected chi connectivity index (χ4v) is 2.95. The minimum Gasteiger partial charge on any atom is -0.495 e. The van der Waals surface area contributed by atoms with Crippen molar-refractivity contribution in [1.82, 2.24) is 0 Å². The highest BCUT2D eigenvalue weighted by Gasteiger charge is 2.54. The van der Waals surface area contributed by atoms with Crippen LogP contribution in [0.5, 0.6) is 11.5 Å².